The van der Waals surface area contributed by atoms with Crippen LogP contribution < -0.4 is 20.3 Å². The summed E-state index contributed by atoms with van der Waals surface area (Å²) < 4.78 is 5.81. The molecule has 2 fully saturated rings. The predicted octanol–water partition coefficient (Wildman–Crippen LogP) is 4.79. The summed E-state index contributed by atoms with van der Waals surface area (Å²) in [6.45, 7) is 6.82. The van der Waals surface area contributed by atoms with Gasteiger partial charge in [0.2, 0.25) is 5.95 Å². The molecule has 0 radical (unpaired) electrons. The molecule has 3 N–H and O–H groups in total. The van der Waals surface area contributed by atoms with Gasteiger partial charge < -0.3 is 30.2 Å². The minimum absolute atomic E-state index is 0.458. The topological polar surface area (TPSA) is 97.5 Å². The van der Waals surface area contributed by atoms with Crippen LogP contribution in [0.1, 0.15) is 12.8 Å². The molecule has 0 spiro atoms. The molecule has 2 aromatic carbocycles. The van der Waals surface area contributed by atoms with Gasteiger partial charge in [-0.15, -0.1) is 11.8 Å². The van der Waals surface area contributed by atoms with Gasteiger partial charge in [-0.05, 0) is 50.4 Å². The Morgan fingerprint density at radius 1 is 0.950 bits per heavy atom. The maximum absolute atomic E-state index is 5.81. The molecular formula is C29H37N9OS. The number of piperidine rings is 1. The Hall–Kier alpha value is -3.54. The Balaban J connectivity index is 1.18. The van der Waals surface area contributed by atoms with Crippen LogP contribution in [0.4, 0.5) is 28.8 Å². The second kappa shape index (κ2) is 11.9. The Morgan fingerprint density at radius 2 is 1.75 bits per heavy atom. The van der Waals surface area contributed by atoms with Crippen LogP contribution in [0.15, 0.2) is 53.7 Å². The van der Waals surface area contributed by atoms with Crippen LogP contribution in [0, 0.1) is 0 Å². The normalized spacial score (nSPS) is 17.3. The van der Waals surface area contributed by atoms with E-state index < -0.39 is 0 Å². The lowest BCUT2D eigenvalue weighted by Gasteiger charge is -2.42. The molecule has 11 heteroatoms. The fourth-order valence-corrected chi connectivity index (χ4v) is 6.18. The first-order valence-corrected chi connectivity index (χ1v) is 15.1. The molecule has 0 bridgehead atoms. The van der Waals surface area contributed by atoms with Crippen LogP contribution in [-0.4, -0.2) is 95.5 Å². The van der Waals surface area contributed by atoms with E-state index in [4.69, 9.17) is 9.72 Å². The number of H-pyrrole nitrogens is 1. The van der Waals surface area contributed by atoms with Crippen molar-refractivity contribution in [3.05, 3.63) is 48.8 Å². The molecule has 0 unspecified atom stereocenters. The van der Waals surface area contributed by atoms with E-state index in [2.05, 4.69) is 77.9 Å². The number of anilines is 5. The number of nitrogens with zero attached hydrogens (tertiary/aromatic N) is 6. The fourth-order valence-electron chi connectivity index (χ4n) is 5.63. The van der Waals surface area contributed by atoms with E-state index in [0.29, 0.717) is 29.0 Å². The van der Waals surface area contributed by atoms with Crippen LogP contribution in [0.3, 0.4) is 0 Å². The number of hydrogen-bond donors (Lipinski definition) is 3. The molecule has 0 atom stereocenters. The highest BCUT2D eigenvalue weighted by molar-refractivity contribution is 7.98. The van der Waals surface area contributed by atoms with Crippen LogP contribution in [-0.2, 0) is 0 Å². The average molecular weight is 560 g/mol. The van der Waals surface area contributed by atoms with Gasteiger partial charge >= 0.3 is 0 Å². The lowest BCUT2D eigenvalue weighted by atomic mass is 10.0. The summed E-state index contributed by atoms with van der Waals surface area (Å²) in [6, 6.07) is 15.2. The number of ether oxygens (including phenoxy) is 1. The number of methoxy groups -OCH3 is 1. The first-order chi connectivity index (χ1) is 19.6. The van der Waals surface area contributed by atoms with Gasteiger partial charge in [0.05, 0.1) is 24.8 Å². The lowest BCUT2D eigenvalue weighted by Crippen LogP contribution is -2.52. The van der Waals surface area contributed by atoms with Crippen LogP contribution in [0.5, 0.6) is 5.75 Å². The molecular weight excluding hydrogens is 522 g/mol. The van der Waals surface area contributed by atoms with Crippen LogP contribution in [0.2, 0.25) is 0 Å². The number of benzene rings is 2. The maximum Gasteiger partial charge on any atom is 0.231 e. The number of fused-ring (bicyclic) bond motifs is 1. The van der Waals surface area contributed by atoms with Crippen molar-refractivity contribution in [3.8, 4) is 5.75 Å². The third-order valence-corrected chi connectivity index (χ3v) is 8.75. The Labute approximate surface area is 239 Å². The lowest BCUT2D eigenvalue weighted by molar-refractivity contribution is 0.0982. The Morgan fingerprint density at radius 3 is 2.52 bits per heavy atom. The van der Waals surface area contributed by atoms with Crippen molar-refractivity contribution in [3.63, 3.8) is 0 Å². The van der Waals surface area contributed by atoms with E-state index in [-0.39, 0.29) is 0 Å². The highest BCUT2D eigenvalue weighted by Crippen LogP contribution is 2.34. The van der Waals surface area contributed by atoms with Gasteiger partial charge in [0.15, 0.2) is 17.0 Å². The summed E-state index contributed by atoms with van der Waals surface area (Å²) in [5.41, 5.74) is 4.31. The van der Waals surface area contributed by atoms with E-state index >= 15 is 0 Å². The summed E-state index contributed by atoms with van der Waals surface area (Å²) in [5, 5.41) is 6.83. The number of nitrogens with one attached hydrogen (secondary N) is 3. The number of hydrogen-bond acceptors (Lipinski definition) is 10. The number of aromatic amines is 1. The smallest absolute Gasteiger partial charge is 0.231 e. The van der Waals surface area contributed by atoms with Crippen LogP contribution in [0.25, 0.3) is 11.2 Å². The molecule has 0 aliphatic carbocycles. The highest BCUT2D eigenvalue weighted by atomic mass is 32.2. The van der Waals surface area contributed by atoms with Crippen molar-refractivity contribution in [1.29, 1.82) is 0 Å². The van der Waals surface area contributed by atoms with Gasteiger partial charge in [-0.3, -0.25) is 4.90 Å². The van der Waals surface area contributed by atoms with Crippen LogP contribution >= 0.6 is 11.8 Å². The molecule has 4 heterocycles. The standard InChI is InChI=1S/C29H37N9OS/c1-36-14-16-38(17-15-36)20-10-12-37(13-11-20)21-8-9-22(24(18-21)39-2)33-29-34-27-26(30-19-31-27)28(35-29)32-23-6-4-5-7-25(23)40-3/h4-9,18-20H,10-17H2,1-3H3,(H3,30,31,32,33,34,35). The van der Waals surface area contributed by atoms with Gasteiger partial charge in [0.25, 0.3) is 0 Å². The van der Waals surface area contributed by atoms with Gasteiger partial charge in [-0.25, -0.2) is 4.98 Å². The minimum Gasteiger partial charge on any atom is -0.494 e. The van der Waals surface area contributed by atoms with Crippen molar-refractivity contribution in [2.75, 3.05) is 75.2 Å². The molecule has 2 aliphatic heterocycles. The number of rotatable bonds is 8. The summed E-state index contributed by atoms with van der Waals surface area (Å²) in [7, 11) is 3.92. The zero-order chi connectivity index (χ0) is 27.5. The number of thioether (sulfide) groups is 1. The highest BCUT2D eigenvalue weighted by Gasteiger charge is 2.27. The zero-order valence-corrected chi connectivity index (χ0v) is 24.2. The average Bonchev–Trinajstić information content (AvgIpc) is 3.47. The van der Waals surface area contributed by atoms with Gasteiger partial charge in [-0.2, -0.15) is 9.97 Å². The second-order valence-corrected chi connectivity index (χ2v) is 11.2. The van der Waals surface area contributed by atoms with Gasteiger partial charge in [0, 0.05) is 62.0 Å². The van der Waals surface area contributed by atoms with Crippen molar-refractivity contribution in [1.82, 2.24) is 29.7 Å². The summed E-state index contributed by atoms with van der Waals surface area (Å²) in [6.07, 6.45) is 6.08. The third-order valence-electron chi connectivity index (χ3n) is 7.95. The Kier molecular flexibility index (Phi) is 7.94. The molecule has 0 saturated carbocycles. The van der Waals surface area contributed by atoms with Crippen molar-refractivity contribution in [2.45, 2.75) is 23.8 Å². The van der Waals surface area contributed by atoms with Gasteiger partial charge in [0.1, 0.15) is 5.75 Å². The fraction of sp³-hybridized carbons (Fsp3) is 0.414. The van der Waals surface area contributed by atoms with Crippen molar-refractivity contribution < 1.29 is 4.74 Å². The van der Waals surface area contributed by atoms with E-state index in [1.54, 1.807) is 25.2 Å². The minimum atomic E-state index is 0.458. The summed E-state index contributed by atoms with van der Waals surface area (Å²) in [4.78, 5) is 25.7. The number of piperazine rings is 1. The Bertz CT molecular complexity index is 1440. The molecule has 6 rings (SSSR count). The number of likely N-dealkylation sites (N-methyl/N-ethyl adjacent to an activating group) is 1. The quantitative estimate of drug-likeness (QED) is 0.262. The molecule has 10 nitrogen and oxygen atoms in total. The largest absolute Gasteiger partial charge is 0.494 e. The molecule has 2 aliphatic rings. The second-order valence-electron chi connectivity index (χ2n) is 10.4. The summed E-state index contributed by atoms with van der Waals surface area (Å²) in [5.74, 6) is 1.85. The molecule has 2 saturated heterocycles. The number of imidazole rings is 1. The summed E-state index contributed by atoms with van der Waals surface area (Å²) >= 11 is 1.68. The molecule has 0 amide bonds. The van der Waals surface area contributed by atoms with Crippen molar-refractivity contribution >= 4 is 51.8 Å². The van der Waals surface area contributed by atoms with E-state index in [0.717, 1.165) is 35.1 Å². The zero-order valence-electron chi connectivity index (χ0n) is 23.4. The molecule has 40 heavy (non-hydrogen) atoms. The SMILES string of the molecule is COc1cc(N2CCC(N3CCN(C)CC3)CC2)ccc1Nc1nc(Nc2ccccc2SC)c2nc[nH]c2n1. The van der Waals surface area contributed by atoms with E-state index in [1.165, 1.54) is 44.7 Å². The number of aromatic nitrogens is 4. The van der Waals surface area contributed by atoms with E-state index in [1.807, 2.05) is 18.2 Å². The van der Waals surface area contributed by atoms with Gasteiger partial charge in [-0.1, -0.05) is 12.1 Å². The first-order valence-electron chi connectivity index (χ1n) is 13.8. The van der Waals surface area contributed by atoms with Crippen molar-refractivity contribution in [2.24, 2.45) is 0 Å². The monoisotopic (exact) mass is 559 g/mol. The molecule has 210 valence electrons. The first kappa shape index (κ1) is 26.7. The maximum atomic E-state index is 5.81. The predicted molar refractivity (Wildman–Crippen MR) is 164 cm³/mol. The molecule has 4 aromatic rings. The third kappa shape index (κ3) is 5.67. The molecule has 2 aromatic heterocycles. The van der Waals surface area contributed by atoms with E-state index in [9.17, 15) is 0 Å². The number of para-hydroxylation sites is 1.